The van der Waals surface area contributed by atoms with Gasteiger partial charge in [-0.3, -0.25) is 0 Å². The van der Waals surface area contributed by atoms with Gasteiger partial charge in [0.25, 0.3) is 0 Å². The molecule has 1 N–H and O–H groups in total. The molecular weight excluding hydrogens is 275 g/mol. The fraction of sp³-hybridized carbons (Fsp3) is 0.538. The Labute approximate surface area is 115 Å². The quantitative estimate of drug-likeness (QED) is 0.710. The molecule has 0 saturated carbocycles. The molecule has 0 radical (unpaired) electrons. The first-order chi connectivity index (χ1) is 9.51. The third kappa shape index (κ3) is 7.85. The lowest BCUT2D eigenvalue weighted by molar-refractivity contribution is -0.274. The maximum Gasteiger partial charge on any atom is 0.573 e. The first kappa shape index (κ1) is 16.6. The van der Waals surface area contributed by atoms with Crippen LogP contribution in [0.4, 0.5) is 18.9 Å². The van der Waals surface area contributed by atoms with Crippen LogP contribution in [-0.4, -0.2) is 39.8 Å². The summed E-state index contributed by atoms with van der Waals surface area (Å²) >= 11 is 0. The number of ether oxygens (including phenoxy) is 3. The van der Waals surface area contributed by atoms with Gasteiger partial charge in [0.1, 0.15) is 5.75 Å². The molecule has 0 atom stereocenters. The average molecular weight is 293 g/mol. The van der Waals surface area contributed by atoms with Crippen LogP contribution in [0.1, 0.15) is 6.42 Å². The molecule has 0 aliphatic carbocycles. The lowest BCUT2D eigenvalue weighted by atomic mass is 10.3. The first-order valence-corrected chi connectivity index (χ1v) is 6.17. The van der Waals surface area contributed by atoms with E-state index in [2.05, 4.69) is 10.1 Å². The van der Waals surface area contributed by atoms with E-state index in [-0.39, 0.29) is 5.75 Å². The number of benzene rings is 1. The smallest absolute Gasteiger partial charge is 0.406 e. The monoisotopic (exact) mass is 293 g/mol. The van der Waals surface area contributed by atoms with Gasteiger partial charge in [0.05, 0.1) is 6.61 Å². The molecule has 0 heterocycles. The molecule has 0 fully saturated rings. The predicted octanol–water partition coefficient (Wildman–Crippen LogP) is 3.05. The van der Waals surface area contributed by atoms with E-state index < -0.39 is 6.36 Å². The molecule has 7 heteroatoms. The molecule has 0 aliphatic heterocycles. The molecule has 0 aromatic heterocycles. The van der Waals surface area contributed by atoms with Gasteiger partial charge in [-0.05, 0) is 18.6 Å². The highest BCUT2D eigenvalue weighted by molar-refractivity contribution is 5.48. The molecule has 20 heavy (non-hydrogen) atoms. The number of hydrogen-bond donors (Lipinski definition) is 1. The average Bonchev–Trinajstić information content (AvgIpc) is 2.36. The van der Waals surface area contributed by atoms with Gasteiger partial charge in [0, 0.05) is 38.6 Å². The van der Waals surface area contributed by atoms with Gasteiger partial charge in [-0.1, -0.05) is 6.07 Å². The summed E-state index contributed by atoms with van der Waals surface area (Å²) in [7, 11) is 1.62. The molecule has 0 bridgehead atoms. The predicted molar refractivity (Wildman–Crippen MR) is 68.9 cm³/mol. The zero-order chi connectivity index (χ0) is 14.8. The Morgan fingerprint density at radius 3 is 2.65 bits per heavy atom. The van der Waals surface area contributed by atoms with Gasteiger partial charge in [0.2, 0.25) is 0 Å². The number of rotatable bonds is 9. The topological polar surface area (TPSA) is 39.7 Å². The molecule has 0 aliphatic rings. The maximum absolute atomic E-state index is 12.1. The highest BCUT2D eigenvalue weighted by Gasteiger charge is 2.31. The zero-order valence-corrected chi connectivity index (χ0v) is 11.2. The number of halogens is 3. The van der Waals surface area contributed by atoms with E-state index >= 15 is 0 Å². The third-order valence-electron chi connectivity index (χ3n) is 2.28. The fourth-order valence-corrected chi connectivity index (χ4v) is 1.48. The van der Waals surface area contributed by atoms with E-state index in [1.165, 1.54) is 18.2 Å². The van der Waals surface area contributed by atoms with Crippen LogP contribution in [0.15, 0.2) is 24.3 Å². The lowest BCUT2D eigenvalue weighted by Gasteiger charge is -2.11. The first-order valence-electron chi connectivity index (χ1n) is 6.17. The molecule has 114 valence electrons. The Bertz CT molecular complexity index is 385. The molecular formula is C13H18F3NO3. The molecule has 1 aromatic carbocycles. The van der Waals surface area contributed by atoms with E-state index in [1.807, 2.05) is 0 Å². The Hall–Kier alpha value is -1.47. The lowest BCUT2D eigenvalue weighted by Crippen LogP contribution is -2.17. The second-order valence-corrected chi connectivity index (χ2v) is 3.96. The van der Waals surface area contributed by atoms with Gasteiger partial charge >= 0.3 is 6.36 Å². The van der Waals surface area contributed by atoms with Crippen LogP contribution in [0, 0.1) is 0 Å². The van der Waals surface area contributed by atoms with Crippen molar-refractivity contribution in [2.24, 2.45) is 0 Å². The Balaban J connectivity index is 2.25. The zero-order valence-electron chi connectivity index (χ0n) is 11.2. The molecule has 0 amide bonds. The van der Waals surface area contributed by atoms with Gasteiger partial charge in [-0.25, -0.2) is 0 Å². The third-order valence-corrected chi connectivity index (χ3v) is 2.28. The molecule has 1 aromatic rings. The van der Waals surface area contributed by atoms with E-state index in [1.54, 1.807) is 13.2 Å². The van der Waals surface area contributed by atoms with Gasteiger partial charge in [-0.2, -0.15) is 0 Å². The van der Waals surface area contributed by atoms with E-state index in [0.29, 0.717) is 32.1 Å². The summed E-state index contributed by atoms with van der Waals surface area (Å²) in [6.07, 6.45) is -3.87. The van der Waals surface area contributed by atoms with Crippen molar-refractivity contribution in [3.05, 3.63) is 24.3 Å². The minimum absolute atomic E-state index is 0.247. The fourth-order valence-electron chi connectivity index (χ4n) is 1.48. The maximum atomic E-state index is 12.1. The summed E-state index contributed by atoms with van der Waals surface area (Å²) in [5, 5.41) is 2.96. The van der Waals surface area contributed by atoms with Gasteiger partial charge in [0.15, 0.2) is 0 Å². The van der Waals surface area contributed by atoms with Crippen LogP contribution < -0.4 is 10.1 Å². The van der Waals surface area contributed by atoms with Crippen LogP contribution in [0.25, 0.3) is 0 Å². The van der Waals surface area contributed by atoms with Gasteiger partial charge in [-0.15, -0.1) is 13.2 Å². The Morgan fingerprint density at radius 1 is 1.15 bits per heavy atom. The van der Waals surface area contributed by atoms with Crippen LogP contribution in [0.5, 0.6) is 5.75 Å². The number of anilines is 1. The van der Waals surface area contributed by atoms with Crippen LogP contribution >= 0.6 is 0 Å². The van der Waals surface area contributed by atoms with E-state index in [0.717, 1.165) is 6.42 Å². The SMILES string of the molecule is COCCCOCCNc1cccc(OC(F)(F)F)c1. The van der Waals surface area contributed by atoms with Crippen molar-refractivity contribution in [1.82, 2.24) is 0 Å². The normalized spacial score (nSPS) is 11.4. The van der Waals surface area contributed by atoms with Crippen molar-refractivity contribution in [2.45, 2.75) is 12.8 Å². The van der Waals surface area contributed by atoms with Gasteiger partial charge < -0.3 is 19.5 Å². The molecule has 0 unspecified atom stereocenters. The summed E-state index contributed by atoms with van der Waals surface area (Å²) in [6.45, 7) is 2.20. The minimum atomic E-state index is -4.68. The standard InChI is InChI=1S/C13H18F3NO3/c1-18-7-3-8-19-9-6-17-11-4-2-5-12(10-11)20-13(14,15)16/h2,4-5,10,17H,3,6-9H2,1H3. The number of nitrogens with one attached hydrogen (secondary N) is 1. The van der Waals surface area contributed by atoms with Crippen molar-refractivity contribution in [2.75, 3.05) is 38.8 Å². The number of methoxy groups -OCH3 is 1. The number of alkyl halides is 3. The molecule has 1 rings (SSSR count). The van der Waals surface area contributed by atoms with Crippen molar-refractivity contribution >= 4 is 5.69 Å². The largest absolute Gasteiger partial charge is 0.573 e. The van der Waals surface area contributed by atoms with Crippen LogP contribution in [0.2, 0.25) is 0 Å². The summed E-state index contributed by atoms with van der Waals surface area (Å²) in [5.74, 6) is -0.247. The van der Waals surface area contributed by atoms with E-state index in [4.69, 9.17) is 9.47 Å². The van der Waals surface area contributed by atoms with Crippen molar-refractivity contribution in [1.29, 1.82) is 0 Å². The summed E-state index contributed by atoms with van der Waals surface area (Å²) < 4.78 is 50.2. The molecule has 4 nitrogen and oxygen atoms in total. The van der Waals surface area contributed by atoms with Crippen molar-refractivity contribution in [3.8, 4) is 5.75 Å². The van der Waals surface area contributed by atoms with Crippen LogP contribution in [-0.2, 0) is 9.47 Å². The minimum Gasteiger partial charge on any atom is -0.406 e. The van der Waals surface area contributed by atoms with Crippen molar-refractivity contribution < 1.29 is 27.4 Å². The second-order valence-electron chi connectivity index (χ2n) is 3.96. The summed E-state index contributed by atoms with van der Waals surface area (Å²) in [4.78, 5) is 0. The molecule has 0 saturated heterocycles. The van der Waals surface area contributed by atoms with Crippen LogP contribution in [0.3, 0.4) is 0 Å². The highest BCUT2D eigenvalue weighted by Crippen LogP contribution is 2.24. The summed E-state index contributed by atoms with van der Waals surface area (Å²) in [6, 6.07) is 5.69. The highest BCUT2D eigenvalue weighted by atomic mass is 19.4. The van der Waals surface area contributed by atoms with E-state index in [9.17, 15) is 13.2 Å². The number of hydrogen-bond acceptors (Lipinski definition) is 4. The summed E-state index contributed by atoms with van der Waals surface area (Å²) in [5.41, 5.74) is 0.548. The Morgan fingerprint density at radius 2 is 1.95 bits per heavy atom. The Kier molecular flexibility index (Phi) is 7.17. The molecule has 0 spiro atoms. The van der Waals surface area contributed by atoms with Crippen molar-refractivity contribution in [3.63, 3.8) is 0 Å². The second kappa shape index (κ2) is 8.65.